The minimum Gasteiger partial charge on any atom is -0.391 e. The van der Waals surface area contributed by atoms with E-state index >= 15 is 0 Å². The van der Waals surface area contributed by atoms with E-state index in [1.54, 1.807) is 0 Å². The average molecular weight is 252 g/mol. The summed E-state index contributed by atoms with van der Waals surface area (Å²) >= 11 is 0. The van der Waals surface area contributed by atoms with Crippen molar-refractivity contribution >= 4 is 6.21 Å². The molecule has 2 nitrogen and oxygen atoms in total. The van der Waals surface area contributed by atoms with Gasteiger partial charge in [-0.1, -0.05) is 36.6 Å². The Morgan fingerprint density at radius 2 is 2.00 bits per heavy atom. The molecule has 0 spiro atoms. The minimum absolute atomic E-state index is 0.0662. The Kier molecular flexibility index (Phi) is 4.67. The largest absolute Gasteiger partial charge is 0.391 e. The molecule has 1 fully saturated rings. The molecule has 0 atom stereocenters. The van der Waals surface area contributed by atoms with Gasteiger partial charge in [0.25, 0.3) is 0 Å². The molecule has 1 radical (unpaired) electrons. The number of benzene rings is 1. The van der Waals surface area contributed by atoms with Gasteiger partial charge in [0, 0.05) is 11.5 Å². The van der Waals surface area contributed by atoms with Crippen LogP contribution in [-0.4, -0.2) is 6.21 Å². The Labute approximate surface area is 106 Å². The Morgan fingerprint density at radius 1 is 1.22 bits per heavy atom. The molecule has 4 heteroatoms. The van der Waals surface area contributed by atoms with E-state index in [0.29, 0.717) is 5.92 Å². The highest BCUT2D eigenvalue weighted by molar-refractivity contribution is 5.59. The summed E-state index contributed by atoms with van der Waals surface area (Å²) in [6, 6.07) is 4.01. The molecule has 0 saturated heterocycles. The molecule has 0 aromatic heterocycles. The number of hydrogen-bond acceptors (Lipinski definition) is 2. The highest BCUT2D eigenvalue weighted by Crippen LogP contribution is 2.22. The maximum absolute atomic E-state index is 13.3. The molecule has 0 N–H and O–H groups in total. The second kappa shape index (κ2) is 6.47. The second-order valence-corrected chi connectivity index (χ2v) is 4.54. The monoisotopic (exact) mass is 252 g/mol. The van der Waals surface area contributed by atoms with Gasteiger partial charge in [-0.2, -0.15) is 0 Å². The molecule has 2 rings (SSSR count). The van der Waals surface area contributed by atoms with Gasteiger partial charge in [0.2, 0.25) is 0 Å². The number of hydrogen-bond donors (Lipinski definition) is 0. The van der Waals surface area contributed by atoms with Gasteiger partial charge in [-0.05, 0) is 18.9 Å². The van der Waals surface area contributed by atoms with Crippen molar-refractivity contribution < 1.29 is 13.6 Å². The molecular weight excluding hydrogens is 236 g/mol. The minimum atomic E-state index is -0.870. The summed E-state index contributed by atoms with van der Waals surface area (Å²) in [5.41, 5.74) is 0.171. The predicted octanol–water partition coefficient (Wildman–Crippen LogP) is 3.92. The van der Waals surface area contributed by atoms with Gasteiger partial charge in [0.1, 0.15) is 12.8 Å². The lowest BCUT2D eigenvalue weighted by atomic mass is 9.90. The molecule has 1 aromatic rings. The van der Waals surface area contributed by atoms with Gasteiger partial charge in [0.05, 0.1) is 0 Å². The molecule has 0 amide bonds. The fraction of sp³-hybridized carbons (Fsp3) is 0.500. The van der Waals surface area contributed by atoms with Crippen molar-refractivity contribution in [2.24, 2.45) is 11.1 Å². The van der Waals surface area contributed by atoms with Crippen LogP contribution >= 0.6 is 0 Å². The third-order valence-corrected chi connectivity index (χ3v) is 3.16. The van der Waals surface area contributed by atoms with Crippen molar-refractivity contribution in [3.63, 3.8) is 0 Å². The highest BCUT2D eigenvalue weighted by atomic mass is 19.2. The van der Waals surface area contributed by atoms with Crippen molar-refractivity contribution in [3.05, 3.63) is 35.4 Å². The fourth-order valence-electron chi connectivity index (χ4n) is 2.11. The van der Waals surface area contributed by atoms with Crippen LogP contribution in [0, 0.1) is 17.6 Å². The van der Waals surface area contributed by atoms with Crippen LogP contribution < -0.4 is 0 Å². The lowest BCUT2D eigenvalue weighted by molar-refractivity contribution is 0.127. The van der Waals surface area contributed by atoms with Crippen LogP contribution in [0.25, 0.3) is 0 Å². The molecule has 0 bridgehead atoms. The topological polar surface area (TPSA) is 21.6 Å². The maximum Gasteiger partial charge on any atom is 0.165 e. The summed E-state index contributed by atoms with van der Waals surface area (Å²) in [7, 11) is 0. The van der Waals surface area contributed by atoms with Crippen LogP contribution in [0.15, 0.2) is 23.4 Å². The van der Waals surface area contributed by atoms with E-state index in [1.165, 1.54) is 31.4 Å². The summed E-state index contributed by atoms with van der Waals surface area (Å²) in [6.07, 6.45) is 8.75. The van der Waals surface area contributed by atoms with E-state index in [2.05, 4.69) is 11.4 Å². The van der Waals surface area contributed by atoms with Crippen molar-refractivity contribution in [1.82, 2.24) is 0 Å². The van der Waals surface area contributed by atoms with Crippen molar-refractivity contribution in [2.75, 3.05) is 0 Å². The molecule has 97 valence electrons. The first-order chi connectivity index (χ1) is 8.77. The normalized spacial score (nSPS) is 17.2. The quantitative estimate of drug-likeness (QED) is 0.588. The molecule has 1 aliphatic rings. The molecule has 0 heterocycles. The Bertz CT molecular complexity index is 414. The molecule has 0 aliphatic heterocycles. The van der Waals surface area contributed by atoms with Crippen molar-refractivity contribution in [1.29, 1.82) is 0 Å². The van der Waals surface area contributed by atoms with Gasteiger partial charge in [-0.25, -0.2) is 8.78 Å². The van der Waals surface area contributed by atoms with Gasteiger partial charge in [-0.3, -0.25) is 0 Å². The number of rotatable bonds is 4. The average Bonchev–Trinajstić information content (AvgIpc) is 2.40. The zero-order valence-electron chi connectivity index (χ0n) is 10.2. The molecule has 1 aliphatic carbocycles. The van der Waals surface area contributed by atoms with Gasteiger partial charge in [-0.15, -0.1) is 0 Å². The highest BCUT2D eigenvalue weighted by Gasteiger charge is 2.12. The van der Waals surface area contributed by atoms with Crippen LogP contribution in [0.1, 0.15) is 37.7 Å². The third-order valence-electron chi connectivity index (χ3n) is 3.16. The van der Waals surface area contributed by atoms with Crippen LogP contribution in [0.4, 0.5) is 8.78 Å². The predicted molar refractivity (Wildman–Crippen MR) is 65.2 cm³/mol. The van der Waals surface area contributed by atoms with E-state index in [9.17, 15) is 8.78 Å². The first-order valence-corrected chi connectivity index (χ1v) is 6.28. The molecule has 18 heavy (non-hydrogen) atoms. The summed E-state index contributed by atoms with van der Waals surface area (Å²) in [6.45, 7) is -0.0662. The lowest BCUT2D eigenvalue weighted by Crippen LogP contribution is -2.07. The Morgan fingerprint density at radius 3 is 2.78 bits per heavy atom. The summed E-state index contributed by atoms with van der Waals surface area (Å²) in [5, 5.41) is 3.72. The van der Waals surface area contributed by atoms with Gasteiger partial charge in [0.15, 0.2) is 11.6 Å². The van der Waals surface area contributed by atoms with E-state index in [0.717, 1.165) is 18.9 Å². The van der Waals surface area contributed by atoms with Crippen LogP contribution in [0.3, 0.4) is 0 Å². The van der Waals surface area contributed by atoms with Crippen LogP contribution in [-0.2, 0) is 11.4 Å². The standard InChI is InChI=1S/C14H16F2NO/c15-13-8-4-7-12(14(13)16)10-18-17-9-11-5-2-1-3-6-11/h4,7-8,11H,1-3,5-6,10H2. The SMILES string of the molecule is Fc1cccc(CO/N=[C]\C2CCCCC2)c1F. The van der Waals surface area contributed by atoms with E-state index in [-0.39, 0.29) is 12.2 Å². The summed E-state index contributed by atoms with van der Waals surface area (Å²) in [4.78, 5) is 4.97. The zero-order chi connectivity index (χ0) is 12.8. The smallest absolute Gasteiger partial charge is 0.165 e. The fourth-order valence-corrected chi connectivity index (χ4v) is 2.11. The van der Waals surface area contributed by atoms with Crippen molar-refractivity contribution in [2.45, 2.75) is 38.7 Å². The van der Waals surface area contributed by atoms with Crippen LogP contribution in [0.5, 0.6) is 0 Å². The molecule has 1 aromatic carbocycles. The Balaban J connectivity index is 1.80. The number of nitrogens with zero attached hydrogens (tertiary/aromatic N) is 1. The summed E-state index contributed by atoms with van der Waals surface area (Å²) in [5.74, 6) is -1.39. The molecule has 1 saturated carbocycles. The Hall–Kier alpha value is -1.45. The van der Waals surface area contributed by atoms with E-state index in [1.807, 2.05) is 0 Å². The number of halogens is 2. The lowest BCUT2D eigenvalue weighted by Gasteiger charge is -2.15. The van der Waals surface area contributed by atoms with Gasteiger partial charge >= 0.3 is 0 Å². The van der Waals surface area contributed by atoms with Crippen molar-refractivity contribution in [3.8, 4) is 0 Å². The van der Waals surface area contributed by atoms with E-state index < -0.39 is 11.6 Å². The van der Waals surface area contributed by atoms with E-state index in [4.69, 9.17) is 4.84 Å². The maximum atomic E-state index is 13.3. The zero-order valence-corrected chi connectivity index (χ0v) is 10.2. The second-order valence-electron chi connectivity index (χ2n) is 4.54. The first-order valence-electron chi connectivity index (χ1n) is 6.28. The molecule has 0 unspecified atom stereocenters. The molecular formula is C14H16F2NO. The van der Waals surface area contributed by atoms with Crippen LogP contribution in [0.2, 0.25) is 0 Å². The first kappa shape index (κ1) is 13.0. The third kappa shape index (κ3) is 3.52. The van der Waals surface area contributed by atoms with Gasteiger partial charge < -0.3 is 4.84 Å². The summed E-state index contributed by atoms with van der Waals surface area (Å²) < 4.78 is 26.2.